The summed E-state index contributed by atoms with van der Waals surface area (Å²) in [5, 5.41) is 22.0. The standard InChI is InChI=1S/C18H16Cl2F2N2O3/c19-13-10(3-4-12(21)14(13)20)8-24-16(26)18(22)6-5-17(27,9-25)15-11(18)2-1-7-23-15/h1-4,7,25,27H,5-6,8-9H2,(H,24,26). The second-order valence-electron chi connectivity index (χ2n) is 6.41. The number of rotatable bonds is 4. The van der Waals surface area contributed by atoms with E-state index in [1.807, 2.05) is 0 Å². The molecular weight excluding hydrogens is 401 g/mol. The SMILES string of the molecule is O=C(NCc1ccc(F)c(Cl)c1Cl)C1(F)CCC(O)(CO)c2ncccc21. The van der Waals surface area contributed by atoms with E-state index in [0.717, 1.165) is 6.07 Å². The topological polar surface area (TPSA) is 82.5 Å². The summed E-state index contributed by atoms with van der Waals surface area (Å²) in [5.41, 5.74) is -4.00. The number of nitrogens with zero attached hydrogens (tertiary/aromatic N) is 1. The van der Waals surface area contributed by atoms with Crippen LogP contribution in [-0.4, -0.2) is 27.7 Å². The molecule has 0 saturated heterocycles. The number of nitrogens with one attached hydrogen (secondary N) is 1. The van der Waals surface area contributed by atoms with E-state index < -0.39 is 29.6 Å². The molecule has 144 valence electrons. The van der Waals surface area contributed by atoms with Crippen molar-refractivity contribution in [1.82, 2.24) is 10.3 Å². The second kappa shape index (κ2) is 7.31. The fraction of sp³-hybridized carbons (Fsp3) is 0.333. The molecule has 2 atom stereocenters. The van der Waals surface area contributed by atoms with E-state index in [-0.39, 0.29) is 40.7 Å². The maximum absolute atomic E-state index is 15.6. The highest BCUT2D eigenvalue weighted by molar-refractivity contribution is 6.42. The van der Waals surface area contributed by atoms with E-state index in [9.17, 15) is 19.4 Å². The number of aliphatic hydroxyl groups excluding tert-OH is 1. The van der Waals surface area contributed by atoms with Crippen LogP contribution < -0.4 is 5.32 Å². The molecule has 1 aliphatic rings. The fourth-order valence-corrected chi connectivity index (χ4v) is 3.54. The summed E-state index contributed by atoms with van der Waals surface area (Å²) in [5.74, 6) is -1.65. The Kier molecular flexibility index (Phi) is 5.40. The molecule has 3 N–H and O–H groups in total. The third-order valence-electron chi connectivity index (χ3n) is 4.73. The van der Waals surface area contributed by atoms with Crippen molar-refractivity contribution in [3.8, 4) is 0 Å². The number of alkyl halides is 1. The zero-order chi connectivity index (χ0) is 19.8. The van der Waals surface area contributed by atoms with Crippen molar-refractivity contribution in [2.24, 2.45) is 0 Å². The van der Waals surface area contributed by atoms with E-state index in [1.54, 1.807) is 0 Å². The molecule has 1 aliphatic carbocycles. The Morgan fingerprint density at radius 2 is 2.00 bits per heavy atom. The van der Waals surface area contributed by atoms with Crippen LogP contribution in [0.25, 0.3) is 0 Å². The van der Waals surface area contributed by atoms with Gasteiger partial charge in [-0.3, -0.25) is 9.78 Å². The molecule has 1 amide bonds. The number of hydrogen-bond donors (Lipinski definition) is 3. The van der Waals surface area contributed by atoms with Crippen molar-refractivity contribution >= 4 is 29.1 Å². The predicted octanol–water partition coefficient (Wildman–Crippen LogP) is 2.98. The van der Waals surface area contributed by atoms with Gasteiger partial charge >= 0.3 is 0 Å². The van der Waals surface area contributed by atoms with E-state index in [1.165, 1.54) is 24.4 Å². The van der Waals surface area contributed by atoms with Gasteiger partial charge in [0.15, 0.2) is 0 Å². The molecule has 9 heteroatoms. The van der Waals surface area contributed by atoms with Crippen molar-refractivity contribution in [2.45, 2.75) is 30.7 Å². The van der Waals surface area contributed by atoms with Gasteiger partial charge in [-0.1, -0.05) is 35.3 Å². The fourth-order valence-electron chi connectivity index (χ4n) is 3.14. The maximum atomic E-state index is 15.6. The molecule has 1 heterocycles. The molecule has 0 saturated carbocycles. The number of fused-ring (bicyclic) bond motifs is 1. The average Bonchev–Trinajstić information content (AvgIpc) is 2.68. The Labute approximate surface area is 163 Å². The van der Waals surface area contributed by atoms with Gasteiger partial charge < -0.3 is 15.5 Å². The first kappa shape index (κ1) is 19.9. The smallest absolute Gasteiger partial charge is 0.262 e. The van der Waals surface area contributed by atoms with Gasteiger partial charge in [0.1, 0.15) is 11.4 Å². The summed E-state index contributed by atoms with van der Waals surface area (Å²) in [4.78, 5) is 16.6. The van der Waals surface area contributed by atoms with Gasteiger partial charge in [-0.2, -0.15) is 0 Å². The quantitative estimate of drug-likeness (QED) is 0.669. The summed E-state index contributed by atoms with van der Waals surface area (Å²) >= 11 is 11.7. The van der Waals surface area contributed by atoms with Gasteiger partial charge in [-0.15, -0.1) is 0 Å². The van der Waals surface area contributed by atoms with E-state index in [4.69, 9.17) is 23.2 Å². The minimum Gasteiger partial charge on any atom is -0.393 e. The summed E-state index contributed by atoms with van der Waals surface area (Å²) in [6.07, 6.45) is 0.830. The normalized spacial score (nSPS) is 24.4. The highest BCUT2D eigenvalue weighted by atomic mass is 35.5. The van der Waals surface area contributed by atoms with Crippen LogP contribution in [0.2, 0.25) is 10.0 Å². The first-order valence-corrected chi connectivity index (χ1v) is 8.87. The van der Waals surface area contributed by atoms with Crippen LogP contribution in [0, 0.1) is 5.82 Å². The van der Waals surface area contributed by atoms with E-state index in [0.29, 0.717) is 5.56 Å². The summed E-state index contributed by atoms with van der Waals surface area (Å²) < 4.78 is 29.0. The number of hydrogen-bond acceptors (Lipinski definition) is 4. The lowest BCUT2D eigenvalue weighted by atomic mass is 9.74. The maximum Gasteiger partial charge on any atom is 0.262 e. The Morgan fingerprint density at radius 3 is 2.70 bits per heavy atom. The monoisotopic (exact) mass is 416 g/mol. The summed E-state index contributed by atoms with van der Waals surface area (Å²) in [6.45, 7) is -0.804. The number of amides is 1. The third-order valence-corrected chi connectivity index (χ3v) is 5.63. The zero-order valence-corrected chi connectivity index (χ0v) is 15.5. The molecule has 5 nitrogen and oxygen atoms in total. The first-order valence-electron chi connectivity index (χ1n) is 8.12. The molecule has 3 rings (SSSR count). The minimum atomic E-state index is -2.44. The number of benzene rings is 1. The molecule has 0 aliphatic heterocycles. The van der Waals surface area contributed by atoms with Crippen molar-refractivity contribution < 1.29 is 23.8 Å². The average molecular weight is 417 g/mol. The zero-order valence-electron chi connectivity index (χ0n) is 14.0. The minimum absolute atomic E-state index is 0.0646. The van der Waals surface area contributed by atoms with Gasteiger partial charge in [0.25, 0.3) is 5.91 Å². The van der Waals surface area contributed by atoms with Crippen LogP contribution in [0.1, 0.15) is 29.7 Å². The predicted molar refractivity (Wildman–Crippen MR) is 95.5 cm³/mol. The van der Waals surface area contributed by atoms with Gasteiger partial charge in [0.2, 0.25) is 5.67 Å². The molecule has 1 aromatic heterocycles. The van der Waals surface area contributed by atoms with Crippen LogP contribution in [0.4, 0.5) is 8.78 Å². The molecule has 27 heavy (non-hydrogen) atoms. The summed E-state index contributed by atoms with van der Waals surface area (Å²) in [7, 11) is 0. The Hall–Kier alpha value is -1.80. The molecular formula is C18H16Cl2F2N2O3. The van der Waals surface area contributed by atoms with Crippen molar-refractivity contribution in [1.29, 1.82) is 0 Å². The van der Waals surface area contributed by atoms with Gasteiger partial charge in [0.05, 0.1) is 22.3 Å². The number of carbonyl (C=O) groups is 1. The number of halogens is 4. The summed E-state index contributed by atoms with van der Waals surface area (Å²) in [6, 6.07) is 5.24. The van der Waals surface area contributed by atoms with Crippen LogP contribution in [0.15, 0.2) is 30.5 Å². The van der Waals surface area contributed by atoms with Crippen molar-refractivity contribution in [3.63, 3.8) is 0 Å². The van der Waals surface area contributed by atoms with Crippen LogP contribution in [-0.2, 0) is 22.6 Å². The highest BCUT2D eigenvalue weighted by Crippen LogP contribution is 2.45. The molecule has 0 fully saturated rings. The molecule has 0 radical (unpaired) electrons. The molecule has 0 bridgehead atoms. The van der Waals surface area contributed by atoms with Crippen LogP contribution >= 0.6 is 23.2 Å². The van der Waals surface area contributed by atoms with Gasteiger partial charge in [-0.25, -0.2) is 8.78 Å². The van der Waals surface area contributed by atoms with E-state index >= 15 is 4.39 Å². The van der Waals surface area contributed by atoms with Gasteiger partial charge in [-0.05, 0) is 30.5 Å². The van der Waals surface area contributed by atoms with Crippen molar-refractivity contribution in [3.05, 3.63) is 63.1 Å². The lowest BCUT2D eigenvalue weighted by Crippen LogP contribution is -2.49. The lowest BCUT2D eigenvalue weighted by molar-refractivity contribution is -0.138. The van der Waals surface area contributed by atoms with Crippen molar-refractivity contribution in [2.75, 3.05) is 6.61 Å². The van der Waals surface area contributed by atoms with Crippen LogP contribution in [0.3, 0.4) is 0 Å². The van der Waals surface area contributed by atoms with E-state index in [2.05, 4.69) is 10.3 Å². The Bertz CT molecular complexity index is 899. The Morgan fingerprint density at radius 1 is 1.26 bits per heavy atom. The highest BCUT2D eigenvalue weighted by Gasteiger charge is 2.51. The second-order valence-corrected chi connectivity index (χ2v) is 7.16. The molecule has 0 spiro atoms. The lowest BCUT2D eigenvalue weighted by Gasteiger charge is -2.38. The van der Waals surface area contributed by atoms with Crippen LogP contribution in [0.5, 0.6) is 0 Å². The number of aliphatic hydroxyl groups is 2. The molecule has 2 aromatic rings. The largest absolute Gasteiger partial charge is 0.393 e. The Balaban J connectivity index is 1.87. The number of carbonyl (C=O) groups excluding carboxylic acids is 1. The third kappa shape index (κ3) is 3.40. The number of pyridine rings is 1. The first-order chi connectivity index (χ1) is 12.7. The van der Waals surface area contributed by atoms with Gasteiger partial charge in [0, 0.05) is 18.3 Å². The molecule has 2 unspecified atom stereocenters. The molecule has 1 aromatic carbocycles. The number of aromatic nitrogens is 1.